The highest BCUT2D eigenvalue weighted by molar-refractivity contribution is 6.44. The van der Waals surface area contributed by atoms with Crippen molar-refractivity contribution in [1.29, 1.82) is 0 Å². The van der Waals surface area contributed by atoms with E-state index in [4.69, 9.17) is 0 Å². The van der Waals surface area contributed by atoms with E-state index in [2.05, 4.69) is 5.10 Å². The van der Waals surface area contributed by atoms with Crippen molar-refractivity contribution in [2.24, 2.45) is 5.10 Å². The van der Waals surface area contributed by atoms with Crippen molar-refractivity contribution in [3.8, 4) is 0 Å². The third-order valence-electron chi connectivity index (χ3n) is 4.16. The molecule has 0 bridgehead atoms. The molecule has 26 heavy (non-hydrogen) atoms. The lowest BCUT2D eigenvalue weighted by atomic mass is 10.0. The van der Waals surface area contributed by atoms with Crippen LogP contribution in [0.1, 0.15) is 18.1 Å². The molecule has 0 saturated heterocycles. The van der Waals surface area contributed by atoms with Crippen molar-refractivity contribution in [2.75, 3.05) is 11.6 Å². The lowest BCUT2D eigenvalue weighted by Gasteiger charge is -2.14. The Morgan fingerprint density at radius 1 is 1.08 bits per heavy atom. The predicted molar refractivity (Wildman–Crippen MR) is 96.1 cm³/mol. The molecule has 2 aromatic carbocycles. The van der Waals surface area contributed by atoms with Crippen molar-refractivity contribution < 1.29 is 18.0 Å². The summed E-state index contributed by atoms with van der Waals surface area (Å²) in [6.45, 7) is 2.03. The fourth-order valence-corrected chi connectivity index (χ4v) is 2.84. The molecule has 1 heterocycles. The minimum absolute atomic E-state index is 0.0133. The number of fused-ring (bicyclic) bond motifs is 1. The number of halogens is 3. The maximum Gasteiger partial charge on any atom is 0.417 e. The van der Waals surface area contributed by atoms with Gasteiger partial charge in [0.15, 0.2) is 0 Å². The minimum Gasteiger partial charge on any atom is -0.288 e. The molecule has 1 aliphatic rings. The SMILES string of the molecule is C/C(=N\N1CCc2ccccc21)C(=O)/C=C(\c1ccccc1)C(F)(F)F. The second-order valence-corrected chi connectivity index (χ2v) is 5.97. The molecule has 3 rings (SSSR count). The van der Waals surface area contributed by atoms with Crippen molar-refractivity contribution in [3.63, 3.8) is 0 Å². The number of carbonyl (C=O) groups is 1. The first-order valence-corrected chi connectivity index (χ1v) is 8.15. The molecule has 0 radical (unpaired) electrons. The average molecular weight is 358 g/mol. The molecule has 3 nitrogen and oxygen atoms in total. The number of allylic oxidation sites excluding steroid dienone is 2. The standard InChI is InChI=1S/C20H17F3N2O/c1-14(24-25-12-11-16-9-5-6-10-18(16)25)19(26)13-17(20(21,22)23)15-7-3-2-4-8-15/h2-10,13H,11-12H2,1H3/b17-13+,24-14+. The highest BCUT2D eigenvalue weighted by Crippen LogP contribution is 2.34. The lowest BCUT2D eigenvalue weighted by Crippen LogP contribution is -2.20. The normalized spacial score (nSPS) is 15.2. The van der Waals surface area contributed by atoms with E-state index in [1.807, 2.05) is 24.3 Å². The van der Waals surface area contributed by atoms with Gasteiger partial charge >= 0.3 is 6.18 Å². The van der Waals surface area contributed by atoms with Crippen LogP contribution in [-0.2, 0) is 11.2 Å². The summed E-state index contributed by atoms with van der Waals surface area (Å²) < 4.78 is 40.1. The summed E-state index contributed by atoms with van der Waals surface area (Å²) in [5.74, 6) is -0.759. The van der Waals surface area contributed by atoms with Crippen molar-refractivity contribution in [1.82, 2.24) is 0 Å². The van der Waals surface area contributed by atoms with E-state index in [-0.39, 0.29) is 11.3 Å². The number of hydrogen-bond donors (Lipinski definition) is 0. The molecule has 0 aliphatic carbocycles. The van der Waals surface area contributed by atoms with Gasteiger partial charge < -0.3 is 0 Å². The van der Waals surface area contributed by atoms with Gasteiger partial charge in [0, 0.05) is 12.6 Å². The molecule has 0 unspecified atom stereocenters. The zero-order valence-corrected chi connectivity index (χ0v) is 14.1. The number of para-hydroxylation sites is 1. The molecule has 2 aromatic rings. The maximum absolute atomic E-state index is 13.4. The number of hydrazone groups is 1. The number of nitrogens with zero attached hydrogens (tertiary/aromatic N) is 2. The van der Waals surface area contributed by atoms with Crippen LogP contribution in [0.3, 0.4) is 0 Å². The van der Waals surface area contributed by atoms with Crippen molar-refractivity contribution in [3.05, 3.63) is 71.8 Å². The van der Waals surface area contributed by atoms with Crippen LogP contribution in [0.25, 0.3) is 5.57 Å². The van der Waals surface area contributed by atoms with Gasteiger partial charge in [-0.2, -0.15) is 18.3 Å². The molecule has 0 saturated carbocycles. The summed E-state index contributed by atoms with van der Waals surface area (Å²) in [5, 5.41) is 5.89. The summed E-state index contributed by atoms with van der Waals surface area (Å²) >= 11 is 0. The first-order valence-electron chi connectivity index (χ1n) is 8.15. The van der Waals surface area contributed by atoms with Gasteiger partial charge in [0.25, 0.3) is 0 Å². The molecule has 1 aliphatic heterocycles. The van der Waals surface area contributed by atoms with Gasteiger partial charge in [-0.15, -0.1) is 0 Å². The number of rotatable bonds is 4. The molecule has 0 amide bonds. The van der Waals surface area contributed by atoms with Gasteiger partial charge in [0.05, 0.1) is 11.3 Å². The molecule has 0 atom stereocenters. The second-order valence-electron chi connectivity index (χ2n) is 5.97. The van der Waals surface area contributed by atoms with E-state index >= 15 is 0 Å². The highest BCUT2D eigenvalue weighted by Gasteiger charge is 2.35. The van der Waals surface area contributed by atoms with Gasteiger partial charge in [-0.25, -0.2) is 0 Å². The largest absolute Gasteiger partial charge is 0.417 e. The first kappa shape index (κ1) is 17.9. The quantitative estimate of drug-likeness (QED) is 0.589. The van der Waals surface area contributed by atoms with E-state index in [9.17, 15) is 18.0 Å². The van der Waals surface area contributed by atoms with Gasteiger partial charge in [-0.3, -0.25) is 9.80 Å². The zero-order chi connectivity index (χ0) is 18.7. The van der Waals surface area contributed by atoms with Crippen LogP contribution in [0, 0.1) is 0 Å². The van der Waals surface area contributed by atoms with E-state index < -0.39 is 17.5 Å². The summed E-state index contributed by atoms with van der Waals surface area (Å²) in [5.41, 5.74) is 0.974. The maximum atomic E-state index is 13.4. The van der Waals surface area contributed by atoms with Gasteiger partial charge in [0.2, 0.25) is 5.78 Å². The smallest absolute Gasteiger partial charge is 0.288 e. The molecular weight excluding hydrogens is 341 g/mol. The van der Waals surface area contributed by atoms with Crippen LogP contribution in [-0.4, -0.2) is 24.2 Å². The van der Waals surface area contributed by atoms with E-state index in [0.29, 0.717) is 12.6 Å². The number of benzene rings is 2. The Morgan fingerprint density at radius 2 is 1.73 bits per heavy atom. The fourth-order valence-electron chi connectivity index (χ4n) is 2.84. The van der Waals surface area contributed by atoms with Crippen LogP contribution in [0.5, 0.6) is 0 Å². The van der Waals surface area contributed by atoms with Crippen LogP contribution in [0.15, 0.2) is 65.8 Å². The van der Waals surface area contributed by atoms with E-state index in [1.165, 1.54) is 31.2 Å². The number of ketones is 1. The Morgan fingerprint density at radius 3 is 2.42 bits per heavy atom. The van der Waals surface area contributed by atoms with Crippen LogP contribution < -0.4 is 5.01 Å². The van der Waals surface area contributed by atoms with E-state index in [0.717, 1.165) is 17.7 Å². The van der Waals surface area contributed by atoms with E-state index in [1.54, 1.807) is 11.1 Å². The summed E-state index contributed by atoms with van der Waals surface area (Å²) in [7, 11) is 0. The summed E-state index contributed by atoms with van der Waals surface area (Å²) in [4.78, 5) is 12.3. The molecule has 0 N–H and O–H groups in total. The summed E-state index contributed by atoms with van der Waals surface area (Å²) in [6, 6.07) is 14.9. The third-order valence-corrected chi connectivity index (χ3v) is 4.16. The van der Waals surface area contributed by atoms with Crippen molar-refractivity contribution in [2.45, 2.75) is 19.5 Å². The minimum atomic E-state index is -4.63. The molecule has 6 heteroatoms. The second kappa shape index (κ2) is 7.15. The Bertz CT molecular complexity index is 870. The third kappa shape index (κ3) is 3.85. The average Bonchev–Trinajstić information content (AvgIpc) is 3.02. The zero-order valence-electron chi connectivity index (χ0n) is 14.1. The molecule has 0 spiro atoms. The predicted octanol–water partition coefficient (Wildman–Crippen LogP) is 4.64. The molecular formula is C20H17F3N2O. The highest BCUT2D eigenvalue weighted by atomic mass is 19.4. The number of carbonyl (C=O) groups excluding carboxylic acids is 1. The van der Waals surface area contributed by atoms with Gasteiger partial charge in [0.1, 0.15) is 5.71 Å². The summed E-state index contributed by atoms with van der Waals surface area (Å²) in [6.07, 6.45) is -3.22. The number of alkyl halides is 3. The Balaban J connectivity index is 1.89. The topological polar surface area (TPSA) is 32.7 Å². The number of anilines is 1. The Kier molecular flexibility index (Phi) is 4.93. The molecule has 0 aromatic heterocycles. The number of hydrogen-bond acceptors (Lipinski definition) is 3. The van der Waals surface area contributed by atoms with Crippen LogP contribution >= 0.6 is 0 Å². The molecule has 0 fully saturated rings. The van der Waals surface area contributed by atoms with Crippen LogP contribution in [0.2, 0.25) is 0 Å². The lowest BCUT2D eigenvalue weighted by molar-refractivity contribution is -0.109. The van der Waals surface area contributed by atoms with Crippen LogP contribution in [0.4, 0.5) is 18.9 Å². The first-order chi connectivity index (χ1) is 12.4. The fraction of sp³-hybridized carbons (Fsp3) is 0.200. The monoisotopic (exact) mass is 358 g/mol. The van der Waals surface area contributed by atoms with Crippen molar-refractivity contribution >= 4 is 22.8 Å². The molecule has 134 valence electrons. The Hall–Kier alpha value is -2.89. The van der Waals surface area contributed by atoms with Gasteiger partial charge in [-0.05, 0) is 30.5 Å². The Labute approximate surface area is 149 Å². The van der Waals surface area contributed by atoms with Gasteiger partial charge in [-0.1, -0.05) is 48.5 Å².